The summed E-state index contributed by atoms with van der Waals surface area (Å²) in [5.74, 6) is 1.46. The third-order valence-corrected chi connectivity index (χ3v) is 3.83. The Labute approximate surface area is 98.9 Å². The smallest absolute Gasteiger partial charge is 0.120 e. The third-order valence-electron chi connectivity index (χ3n) is 3.17. The average molecular weight is 270 g/mol. The van der Waals surface area contributed by atoms with Gasteiger partial charge in [-0.2, -0.15) is 0 Å². The molecule has 2 unspecified atom stereocenters. The molecule has 15 heavy (non-hydrogen) atoms. The standard InChI is InChI=1S/C12H16BrNO/c1-7-3-4-11(14)9-5-8(15-2)6-10(13)12(7)9/h5-7,11H,3-4,14H2,1-2H3. The second-order valence-corrected chi connectivity index (χ2v) is 5.05. The molecule has 0 heterocycles. The molecule has 0 aromatic heterocycles. The van der Waals surface area contributed by atoms with E-state index in [0.717, 1.165) is 16.6 Å². The summed E-state index contributed by atoms with van der Waals surface area (Å²) < 4.78 is 6.38. The van der Waals surface area contributed by atoms with Crippen LogP contribution in [-0.2, 0) is 0 Å². The highest BCUT2D eigenvalue weighted by molar-refractivity contribution is 9.10. The quantitative estimate of drug-likeness (QED) is 0.849. The summed E-state index contributed by atoms with van der Waals surface area (Å²) in [5.41, 5.74) is 8.72. The highest BCUT2D eigenvalue weighted by Gasteiger charge is 2.25. The van der Waals surface area contributed by atoms with Crippen molar-refractivity contribution >= 4 is 15.9 Å². The lowest BCUT2D eigenvalue weighted by Gasteiger charge is -2.28. The van der Waals surface area contributed by atoms with Gasteiger partial charge in [-0.1, -0.05) is 22.9 Å². The number of halogens is 1. The number of ether oxygens (including phenoxy) is 1. The lowest BCUT2D eigenvalue weighted by Crippen LogP contribution is -2.19. The molecule has 0 saturated heterocycles. The van der Waals surface area contributed by atoms with Crippen molar-refractivity contribution in [1.29, 1.82) is 0 Å². The number of hydrogen-bond acceptors (Lipinski definition) is 2. The van der Waals surface area contributed by atoms with E-state index in [1.54, 1.807) is 7.11 Å². The summed E-state index contributed by atoms with van der Waals surface area (Å²) in [6.07, 6.45) is 2.23. The summed E-state index contributed by atoms with van der Waals surface area (Å²) in [5, 5.41) is 0. The van der Waals surface area contributed by atoms with Crippen LogP contribution in [-0.4, -0.2) is 7.11 Å². The molecule has 1 aromatic carbocycles. The highest BCUT2D eigenvalue weighted by Crippen LogP contribution is 2.42. The lowest BCUT2D eigenvalue weighted by atomic mass is 9.81. The lowest BCUT2D eigenvalue weighted by molar-refractivity contribution is 0.411. The van der Waals surface area contributed by atoms with Gasteiger partial charge in [0.2, 0.25) is 0 Å². The van der Waals surface area contributed by atoms with Crippen LogP contribution in [0.25, 0.3) is 0 Å². The van der Waals surface area contributed by atoms with E-state index in [9.17, 15) is 0 Å². The largest absolute Gasteiger partial charge is 0.497 e. The molecular weight excluding hydrogens is 254 g/mol. The van der Waals surface area contributed by atoms with Gasteiger partial charge in [-0.05, 0) is 42.0 Å². The van der Waals surface area contributed by atoms with Gasteiger partial charge in [-0.15, -0.1) is 0 Å². The van der Waals surface area contributed by atoms with Crippen LogP contribution in [0, 0.1) is 0 Å². The number of rotatable bonds is 1. The Kier molecular flexibility index (Phi) is 3.03. The Bertz CT molecular complexity index is 378. The maximum atomic E-state index is 6.12. The fourth-order valence-electron chi connectivity index (χ4n) is 2.29. The molecule has 0 radical (unpaired) electrons. The van der Waals surface area contributed by atoms with Gasteiger partial charge >= 0.3 is 0 Å². The molecule has 0 spiro atoms. The number of methoxy groups -OCH3 is 1. The molecule has 2 N–H and O–H groups in total. The first-order valence-corrected chi connectivity index (χ1v) is 6.05. The molecule has 82 valence electrons. The van der Waals surface area contributed by atoms with E-state index >= 15 is 0 Å². The first-order chi connectivity index (χ1) is 7.13. The van der Waals surface area contributed by atoms with Crippen LogP contribution < -0.4 is 10.5 Å². The predicted octanol–water partition coefficient (Wildman–Crippen LogP) is 3.35. The topological polar surface area (TPSA) is 35.2 Å². The monoisotopic (exact) mass is 269 g/mol. The summed E-state index contributed by atoms with van der Waals surface area (Å²) >= 11 is 3.61. The molecule has 1 aliphatic carbocycles. The van der Waals surface area contributed by atoms with Gasteiger partial charge in [0.15, 0.2) is 0 Å². The Hall–Kier alpha value is -0.540. The van der Waals surface area contributed by atoms with E-state index < -0.39 is 0 Å². The van der Waals surface area contributed by atoms with Crippen LogP contribution in [0.5, 0.6) is 5.75 Å². The maximum absolute atomic E-state index is 6.12. The Balaban J connectivity index is 2.56. The number of fused-ring (bicyclic) bond motifs is 1. The summed E-state index contributed by atoms with van der Waals surface area (Å²) in [6.45, 7) is 2.25. The fraction of sp³-hybridized carbons (Fsp3) is 0.500. The number of benzene rings is 1. The van der Waals surface area contributed by atoms with Crippen LogP contribution in [0.3, 0.4) is 0 Å². The van der Waals surface area contributed by atoms with E-state index in [4.69, 9.17) is 10.5 Å². The SMILES string of the molecule is COc1cc(Br)c2c(c1)C(N)CCC2C. The number of nitrogens with two attached hydrogens (primary N) is 1. The van der Waals surface area contributed by atoms with Gasteiger partial charge < -0.3 is 10.5 Å². The zero-order valence-corrected chi connectivity index (χ0v) is 10.7. The minimum Gasteiger partial charge on any atom is -0.497 e. The average Bonchev–Trinajstić information content (AvgIpc) is 2.23. The minimum atomic E-state index is 0.155. The van der Waals surface area contributed by atoms with E-state index in [0.29, 0.717) is 5.92 Å². The van der Waals surface area contributed by atoms with E-state index in [2.05, 4.69) is 28.9 Å². The van der Waals surface area contributed by atoms with E-state index in [-0.39, 0.29) is 6.04 Å². The third kappa shape index (κ3) is 1.91. The Morgan fingerprint density at radius 3 is 2.80 bits per heavy atom. The van der Waals surface area contributed by atoms with Gasteiger partial charge in [0.25, 0.3) is 0 Å². The molecular formula is C12H16BrNO. The van der Waals surface area contributed by atoms with Crippen molar-refractivity contribution in [2.75, 3.05) is 7.11 Å². The van der Waals surface area contributed by atoms with Crippen LogP contribution in [0.2, 0.25) is 0 Å². The maximum Gasteiger partial charge on any atom is 0.120 e. The van der Waals surface area contributed by atoms with Gasteiger partial charge in [0.05, 0.1) is 7.11 Å². The highest BCUT2D eigenvalue weighted by atomic mass is 79.9. The van der Waals surface area contributed by atoms with E-state index in [1.807, 2.05) is 6.07 Å². The van der Waals surface area contributed by atoms with Gasteiger partial charge in [-0.25, -0.2) is 0 Å². The molecule has 2 rings (SSSR count). The molecule has 1 aliphatic rings. The zero-order chi connectivity index (χ0) is 11.0. The molecule has 0 fully saturated rings. The van der Waals surface area contributed by atoms with Crippen LogP contribution in [0.4, 0.5) is 0 Å². The summed E-state index contributed by atoms with van der Waals surface area (Å²) in [6, 6.07) is 4.25. The van der Waals surface area contributed by atoms with Crippen molar-refractivity contribution in [3.05, 3.63) is 27.7 Å². The molecule has 0 saturated carbocycles. The second kappa shape index (κ2) is 4.14. The fourth-order valence-corrected chi connectivity index (χ4v) is 3.13. The van der Waals surface area contributed by atoms with Crippen molar-refractivity contribution in [2.24, 2.45) is 5.73 Å². The van der Waals surface area contributed by atoms with Crippen molar-refractivity contribution in [2.45, 2.75) is 31.7 Å². The molecule has 2 nitrogen and oxygen atoms in total. The van der Waals surface area contributed by atoms with Gasteiger partial charge in [0.1, 0.15) is 5.75 Å². The van der Waals surface area contributed by atoms with Gasteiger partial charge in [0, 0.05) is 10.5 Å². The van der Waals surface area contributed by atoms with Crippen LogP contribution in [0.15, 0.2) is 16.6 Å². The predicted molar refractivity (Wildman–Crippen MR) is 65.3 cm³/mol. The van der Waals surface area contributed by atoms with Crippen molar-refractivity contribution < 1.29 is 4.74 Å². The van der Waals surface area contributed by atoms with Gasteiger partial charge in [-0.3, -0.25) is 0 Å². The van der Waals surface area contributed by atoms with Crippen molar-refractivity contribution in [1.82, 2.24) is 0 Å². The van der Waals surface area contributed by atoms with Crippen LogP contribution in [0.1, 0.15) is 42.9 Å². The molecule has 2 atom stereocenters. The molecule has 1 aromatic rings. The first kappa shape index (κ1) is 11.0. The summed E-state index contributed by atoms with van der Waals surface area (Å²) in [7, 11) is 1.69. The Morgan fingerprint density at radius 1 is 1.40 bits per heavy atom. The molecule has 0 aliphatic heterocycles. The van der Waals surface area contributed by atoms with Crippen molar-refractivity contribution in [3.8, 4) is 5.75 Å². The van der Waals surface area contributed by atoms with Crippen molar-refractivity contribution in [3.63, 3.8) is 0 Å². The molecule has 0 bridgehead atoms. The first-order valence-electron chi connectivity index (χ1n) is 5.26. The zero-order valence-electron chi connectivity index (χ0n) is 9.09. The number of hydrogen-bond donors (Lipinski definition) is 1. The molecule has 3 heteroatoms. The van der Waals surface area contributed by atoms with E-state index in [1.165, 1.54) is 17.5 Å². The minimum absolute atomic E-state index is 0.155. The summed E-state index contributed by atoms with van der Waals surface area (Å²) in [4.78, 5) is 0. The Morgan fingerprint density at radius 2 is 2.13 bits per heavy atom. The normalized spacial score (nSPS) is 24.8. The van der Waals surface area contributed by atoms with Crippen LogP contribution >= 0.6 is 15.9 Å². The molecule has 0 amide bonds. The second-order valence-electron chi connectivity index (χ2n) is 4.20.